The SMILES string of the molecule is CC.[B]n1c(C(=O)O)c([N+](=O)[O-])c2ccccc21. The van der Waals surface area contributed by atoms with Crippen LogP contribution in [0.5, 0.6) is 0 Å². The Bertz CT molecular complexity index is 606. The maximum absolute atomic E-state index is 10.9. The smallest absolute Gasteiger partial charge is 0.358 e. The summed E-state index contributed by atoms with van der Waals surface area (Å²) in [6, 6.07) is 6.19. The molecule has 2 aromatic rings. The predicted octanol–water partition coefficient (Wildman–Crippen LogP) is 2.21. The summed E-state index contributed by atoms with van der Waals surface area (Å²) in [4.78, 5) is 21.0. The highest BCUT2D eigenvalue weighted by molar-refractivity contribution is 6.18. The topological polar surface area (TPSA) is 85.4 Å². The second kappa shape index (κ2) is 5.35. The summed E-state index contributed by atoms with van der Waals surface area (Å²) >= 11 is 0. The van der Waals surface area contributed by atoms with Crippen molar-refractivity contribution in [3.05, 3.63) is 40.1 Å². The van der Waals surface area contributed by atoms with Crippen molar-refractivity contribution >= 4 is 30.5 Å². The Labute approximate surface area is 104 Å². The van der Waals surface area contributed by atoms with E-state index < -0.39 is 22.3 Å². The molecule has 1 heterocycles. The third-order valence-corrected chi connectivity index (χ3v) is 2.27. The second-order valence-corrected chi connectivity index (χ2v) is 3.15. The number of benzene rings is 1. The monoisotopic (exact) mass is 246 g/mol. The summed E-state index contributed by atoms with van der Waals surface area (Å²) in [5, 5.41) is 19.9. The number of hydrogen-bond donors (Lipinski definition) is 1. The number of hydrogen-bond acceptors (Lipinski definition) is 3. The van der Waals surface area contributed by atoms with Crippen molar-refractivity contribution in [3.8, 4) is 0 Å². The van der Waals surface area contributed by atoms with Gasteiger partial charge < -0.3 is 9.58 Å². The van der Waals surface area contributed by atoms with Gasteiger partial charge in [0.1, 0.15) is 0 Å². The molecule has 1 aromatic heterocycles. The fourth-order valence-corrected chi connectivity index (χ4v) is 1.64. The van der Waals surface area contributed by atoms with E-state index in [4.69, 9.17) is 13.1 Å². The normalized spacial score (nSPS) is 9.67. The van der Waals surface area contributed by atoms with E-state index >= 15 is 0 Å². The van der Waals surface area contributed by atoms with Crippen molar-refractivity contribution in [2.75, 3.05) is 0 Å². The van der Waals surface area contributed by atoms with Gasteiger partial charge in [-0.2, -0.15) is 0 Å². The lowest BCUT2D eigenvalue weighted by Crippen LogP contribution is -2.08. The van der Waals surface area contributed by atoms with Gasteiger partial charge in [0.2, 0.25) is 7.98 Å². The molecule has 6 nitrogen and oxygen atoms in total. The van der Waals surface area contributed by atoms with Crippen molar-refractivity contribution in [1.82, 2.24) is 4.48 Å². The highest BCUT2D eigenvalue weighted by Crippen LogP contribution is 2.31. The molecule has 0 saturated carbocycles. The van der Waals surface area contributed by atoms with Crippen LogP contribution in [-0.4, -0.2) is 28.5 Å². The molecule has 0 saturated heterocycles. The zero-order chi connectivity index (χ0) is 13.9. The summed E-state index contributed by atoms with van der Waals surface area (Å²) < 4.78 is 0.815. The number of nitro groups is 1. The first-order valence-electron chi connectivity index (χ1n) is 5.30. The van der Waals surface area contributed by atoms with E-state index in [-0.39, 0.29) is 5.39 Å². The second-order valence-electron chi connectivity index (χ2n) is 3.15. The molecule has 0 atom stereocenters. The van der Waals surface area contributed by atoms with E-state index in [2.05, 4.69) is 0 Å². The quantitative estimate of drug-likeness (QED) is 0.500. The highest BCUT2D eigenvalue weighted by atomic mass is 16.6. The minimum Gasteiger partial charge on any atom is -0.476 e. The van der Waals surface area contributed by atoms with Crippen LogP contribution >= 0.6 is 0 Å². The van der Waals surface area contributed by atoms with Crippen LogP contribution in [0.25, 0.3) is 10.9 Å². The Morgan fingerprint density at radius 1 is 1.39 bits per heavy atom. The molecule has 0 amide bonds. The number of carboxylic acids is 1. The van der Waals surface area contributed by atoms with Gasteiger partial charge in [-0.25, -0.2) is 4.79 Å². The standard InChI is InChI=1S/C9H5BN2O4.C2H6/c10-11-6-4-2-1-3-5(6)7(12(15)16)8(11)9(13)14;1-2/h1-4H,(H,13,14);1-2H3. The van der Waals surface area contributed by atoms with Gasteiger partial charge >= 0.3 is 11.7 Å². The van der Waals surface area contributed by atoms with Crippen LogP contribution in [0.4, 0.5) is 5.69 Å². The number of aromatic carboxylic acids is 1. The predicted molar refractivity (Wildman–Crippen MR) is 68.1 cm³/mol. The largest absolute Gasteiger partial charge is 0.476 e. The fourth-order valence-electron chi connectivity index (χ4n) is 1.64. The van der Waals surface area contributed by atoms with Crippen molar-refractivity contribution in [3.63, 3.8) is 0 Å². The van der Waals surface area contributed by atoms with E-state index in [0.717, 1.165) is 4.48 Å². The third-order valence-electron chi connectivity index (χ3n) is 2.27. The number of nitrogens with zero attached hydrogens (tertiary/aromatic N) is 2. The van der Waals surface area contributed by atoms with E-state index in [1.54, 1.807) is 12.1 Å². The van der Waals surface area contributed by atoms with Gasteiger partial charge in [0.25, 0.3) is 0 Å². The average Bonchev–Trinajstić information content (AvgIpc) is 2.66. The lowest BCUT2D eigenvalue weighted by atomic mass is 10.2. The number of rotatable bonds is 2. The number of aromatic nitrogens is 1. The molecule has 2 radical (unpaired) electrons. The van der Waals surface area contributed by atoms with Gasteiger partial charge in [-0.3, -0.25) is 10.1 Å². The zero-order valence-electron chi connectivity index (χ0n) is 9.95. The maximum atomic E-state index is 10.9. The molecule has 18 heavy (non-hydrogen) atoms. The van der Waals surface area contributed by atoms with Gasteiger partial charge in [-0.05, 0) is 12.1 Å². The Hall–Kier alpha value is -2.31. The van der Waals surface area contributed by atoms with E-state index in [0.29, 0.717) is 5.52 Å². The first-order valence-corrected chi connectivity index (χ1v) is 5.30. The van der Waals surface area contributed by atoms with Gasteiger partial charge in [0.15, 0.2) is 5.69 Å². The van der Waals surface area contributed by atoms with Crippen LogP contribution in [0.1, 0.15) is 24.3 Å². The average molecular weight is 246 g/mol. The molecule has 0 aliphatic rings. The maximum Gasteiger partial charge on any atom is 0.358 e. The van der Waals surface area contributed by atoms with Crippen molar-refractivity contribution in [2.24, 2.45) is 0 Å². The summed E-state index contributed by atoms with van der Waals surface area (Å²) in [5.41, 5.74) is -0.691. The molecule has 2 rings (SSSR count). The fraction of sp³-hybridized carbons (Fsp3) is 0.182. The molecule has 1 N–H and O–H groups in total. The van der Waals surface area contributed by atoms with E-state index in [1.165, 1.54) is 12.1 Å². The molecule has 0 fully saturated rings. The van der Waals surface area contributed by atoms with Gasteiger partial charge in [0, 0.05) is 5.52 Å². The summed E-state index contributed by atoms with van der Waals surface area (Å²) in [6.07, 6.45) is 0. The van der Waals surface area contributed by atoms with Crippen molar-refractivity contribution in [1.29, 1.82) is 0 Å². The molecule has 92 valence electrons. The Morgan fingerprint density at radius 3 is 2.44 bits per heavy atom. The zero-order valence-corrected chi connectivity index (χ0v) is 9.95. The van der Waals surface area contributed by atoms with Crippen molar-refractivity contribution < 1.29 is 14.8 Å². The van der Waals surface area contributed by atoms with Crippen LogP contribution in [0.3, 0.4) is 0 Å². The van der Waals surface area contributed by atoms with Crippen LogP contribution in [0.15, 0.2) is 24.3 Å². The first kappa shape index (κ1) is 13.8. The van der Waals surface area contributed by atoms with Crippen LogP contribution in [0, 0.1) is 10.1 Å². The van der Waals surface area contributed by atoms with Crippen LogP contribution in [-0.2, 0) is 0 Å². The number of para-hydroxylation sites is 1. The van der Waals surface area contributed by atoms with Crippen molar-refractivity contribution in [2.45, 2.75) is 13.8 Å². The Kier molecular flexibility index (Phi) is 4.09. The summed E-state index contributed by atoms with van der Waals surface area (Å²) in [7, 11) is 5.51. The lowest BCUT2D eigenvalue weighted by Gasteiger charge is -1.97. The number of carboxylic acid groups (broad SMARTS) is 1. The Balaban J connectivity index is 0.000000771. The van der Waals surface area contributed by atoms with Gasteiger partial charge in [-0.15, -0.1) is 0 Å². The molecule has 7 heteroatoms. The van der Waals surface area contributed by atoms with Gasteiger partial charge in [-0.1, -0.05) is 26.0 Å². The molecule has 0 aliphatic heterocycles. The summed E-state index contributed by atoms with van der Waals surface area (Å²) in [5.74, 6) is -1.43. The number of carbonyl (C=O) groups is 1. The van der Waals surface area contributed by atoms with Crippen LogP contribution in [0.2, 0.25) is 0 Å². The first-order chi connectivity index (χ1) is 8.54. The van der Waals surface area contributed by atoms with Crippen LogP contribution < -0.4 is 0 Å². The molecule has 0 spiro atoms. The summed E-state index contributed by atoms with van der Waals surface area (Å²) in [6.45, 7) is 4.00. The molecule has 0 aliphatic carbocycles. The molecule has 0 bridgehead atoms. The molecular formula is C11H11BN2O4. The minimum atomic E-state index is -1.43. The lowest BCUT2D eigenvalue weighted by molar-refractivity contribution is -0.383. The van der Waals surface area contributed by atoms with Gasteiger partial charge in [0.05, 0.1) is 10.3 Å². The molecule has 1 aromatic carbocycles. The Morgan fingerprint density at radius 2 is 1.94 bits per heavy atom. The third kappa shape index (κ3) is 2.06. The number of fused-ring (bicyclic) bond motifs is 1. The minimum absolute atomic E-state index is 0.215. The highest BCUT2D eigenvalue weighted by Gasteiger charge is 2.28. The molecule has 0 unspecified atom stereocenters. The van der Waals surface area contributed by atoms with E-state index in [1.807, 2.05) is 13.8 Å². The molecular weight excluding hydrogens is 235 g/mol. The van der Waals surface area contributed by atoms with E-state index in [9.17, 15) is 14.9 Å².